The lowest BCUT2D eigenvalue weighted by Gasteiger charge is -2.22. The van der Waals surface area contributed by atoms with Crippen molar-refractivity contribution in [1.82, 2.24) is 10.3 Å². The van der Waals surface area contributed by atoms with Gasteiger partial charge in [0.05, 0.1) is 17.9 Å². The van der Waals surface area contributed by atoms with Crippen LogP contribution in [0.25, 0.3) is 0 Å². The van der Waals surface area contributed by atoms with Gasteiger partial charge in [0.1, 0.15) is 6.04 Å². The monoisotopic (exact) mass is 342 g/mol. The van der Waals surface area contributed by atoms with E-state index in [1.807, 2.05) is 19.1 Å². The maximum atomic E-state index is 12.2. The second-order valence-corrected chi connectivity index (χ2v) is 5.29. The van der Waals surface area contributed by atoms with Crippen LogP contribution in [0.15, 0.2) is 29.6 Å². The van der Waals surface area contributed by atoms with Gasteiger partial charge in [-0.05, 0) is 26.0 Å². The van der Waals surface area contributed by atoms with Gasteiger partial charge in [0.25, 0.3) is 0 Å². The van der Waals surface area contributed by atoms with Crippen LogP contribution in [0, 0.1) is 11.8 Å². The van der Waals surface area contributed by atoms with Crippen LogP contribution >= 0.6 is 11.6 Å². The van der Waals surface area contributed by atoms with E-state index in [0.29, 0.717) is 10.7 Å². The molecule has 0 saturated heterocycles. The summed E-state index contributed by atoms with van der Waals surface area (Å²) in [5.74, 6) is -0.609. The van der Waals surface area contributed by atoms with Gasteiger partial charge in [-0.1, -0.05) is 17.7 Å². The Morgan fingerprint density at radius 2 is 1.96 bits per heavy atom. The summed E-state index contributed by atoms with van der Waals surface area (Å²) in [6.07, 6.45) is -1.17. The van der Waals surface area contributed by atoms with Crippen molar-refractivity contribution in [2.75, 3.05) is 17.7 Å². The molecule has 0 unspecified atom stereocenters. The van der Waals surface area contributed by atoms with Crippen LogP contribution in [-0.2, 0) is 4.79 Å². The molecule has 0 spiro atoms. The molecule has 0 aromatic heterocycles. The topological polar surface area (TPSA) is 111 Å². The SMILES string of the molecule is Cc1ccc(NC(=O)[C@@H](NC(=O)N(CCCl)N=O)[C@@H](C)O)cc1. The van der Waals surface area contributed by atoms with E-state index in [9.17, 15) is 19.6 Å². The summed E-state index contributed by atoms with van der Waals surface area (Å²) in [6.45, 7) is 3.14. The zero-order valence-electron chi connectivity index (χ0n) is 12.8. The molecule has 0 bridgehead atoms. The number of carbonyl (C=O) groups excluding carboxylic acids is 2. The molecule has 0 heterocycles. The van der Waals surface area contributed by atoms with Gasteiger partial charge in [0, 0.05) is 11.6 Å². The van der Waals surface area contributed by atoms with Gasteiger partial charge in [0.2, 0.25) is 5.91 Å². The van der Waals surface area contributed by atoms with Crippen LogP contribution in [0.1, 0.15) is 12.5 Å². The van der Waals surface area contributed by atoms with Crippen molar-refractivity contribution in [2.24, 2.45) is 5.29 Å². The Bertz CT molecular complexity index is 550. The number of halogens is 1. The smallest absolute Gasteiger partial charge is 0.341 e. The Morgan fingerprint density at radius 3 is 2.43 bits per heavy atom. The average Bonchev–Trinajstić information content (AvgIpc) is 2.51. The molecule has 1 aromatic carbocycles. The molecule has 9 heteroatoms. The second kappa shape index (κ2) is 9.06. The molecule has 23 heavy (non-hydrogen) atoms. The maximum absolute atomic E-state index is 12.2. The van der Waals surface area contributed by atoms with Gasteiger partial charge in [-0.3, -0.25) is 4.79 Å². The van der Waals surface area contributed by atoms with Crippen molar-refractivity contribution in [1.29, 1.82) is 0 Å². The highest BCUT2D eigenvalue weighted by atomic mass is 35.5. The first-order valence-electron chi connectivity index (χ1n) is 6.92. The normalized spacial score (nSPS) is 12.9. The van der Waals surface area contributed by atoms with E-state index >= 15 is 0 Å². The molecule has 0 aliphatic rings. The van der Waals surface area contributed by atoms with Gasteiger partial charge >= 0.3 is 6.03 Å². The summed E-state index contributed by atoms with van der Waals surface area (Å²) in [6, 6.07) is 4.85. The summed E-state index contributed by atoms with van der Waals surface area (Å²) in [4.78, 5) is 34.6. The lowest BCUT2D eigenvalue weighted by molar-refractivity contribution is -0.120. The number of benzene rings is 1. The van der Waals surface area contributed by atoms with Crippen molar-refractivity contribution < 1.29 is 14.7 Å². The first-order chi connectivity index (χ1) is 10.9. The Balaban J connectivity index is 2.76. The molecular formula is C14H19ClN4O4. The number of aliphatic hydroxyl groups excluding tert-OH is 1. The highest BCUT2D eigenvalue weighted by Gasteiger charge is 2.28. The first-order valence-corrected chi connectivity index (χ1v) is 7.45. The number of rotatable bonds is 7. The summed E-state index contributed by atoms with van der Waals surface area (Å²) >= 11 is 5.45. The second-order valence-electron chi connectivity index (χ2n) is 4.92. The van der Waals surface area contributed by atoms with Crippen LogP contribution in [0.2, 0.25) is 0 Å². The van der Waals surface area contributed by atoms with E-state index in [-0.39, 0.29) is 12.4 Å². The molecular weight excluding hydrogens is 324 g/mol. The van der Waals surface area contributed by atoms with Crippen LogP contribution in [0.5, 0.6) is 0 Å². The van der Waals surface area contributed by atoms with E-state index in [0.717, 1.165) is 5.56 Å². The van der Waals surface area contributed by atoms with Crippen LogP contribution in [0.3, 0.4) is 0 Å². The van der Waals surface area contributed by atoms with Crippen LogP contribution < -0.4 is 10.6 Å². The minimum absolute atomic E-state index is 0.00800. The highest BCUT2D eigenvalue weighted by molar-refractivity contribution is 6.18. The summed E-state index contributed by atoms with van der Waals surface area (Å²) in [5, 5.41) is 17.6. The Morgan fingerprint density at radius 1 is 1.35 bits per heavy atom. The quantitative estimate of drug-likeness (QED) is 0.397. The fourth-order valence-corrected chi connectivity index (χ4v) is 1.89. The number of amides is 3. The van der Waals surface area contributed by atoms with Gasteiger partial charge in [-0.15, -0.1) is 16.5 Å². The Hall–Kier alpha value is -2.19. The number of nitrogens with one attached hydrogen (secondary N) is 2. The van der Waals surface area contributed by atoms with Gasteiger partial charge in [0.15, 0.2) is 0 Å². The molecule has 0 radical (unpaired) electrons. The molecule has 0 aliphatic heterocycles. The zero-order chi connectivity index (χ0) is 17.4. The number of aliphatic hydroxyl groups is 1. The average molecular weight is 343 g/mol. The van der Waals surface area contributed by atoms with Crippen LogP contribution in [0.4, 0.5) is 10.5 Å². The van der Waals surface area contributed by atoms with Gasteiger partial charge < -0.3 is 15.7 Å². The molecule has 0 fully saturated rings. The first kappa shape index (κ1) is 18.9. The fourth-order valence-electron chi connectivity index (χ4n) is 1.73. The van der Waals surface area contributed by atoms with E-state index in [2.05, 4.69) is 15.9 Å². The zero-order valence-corrected chi connectivity index (χ0v) is 13.6. The van der Waals surface area contributed by atoms with E-state index in [1.54, 1.807) is 12.1 Å². The number of nitroso groups, excluding NO2 is 1. The Kier molecular flexibility index (Phi) is 7.43. The summed E-state index contributed by atoms with van der Waals surface area (Å²) in [5.41, 5.74) is 1.55. The number of alkyl halides is 1. The molecule has 3 amide bonds. The number of hydrogen-bond acceptors (Lipinski definition) is 5. The van der Waals surface area contributed by atoms with Gasteiger partial charge in [-0.2, -0.15) is 5.01 Å². The molecule has 8 nitrogen and oxygen atoms in total. The molecule has 1 aromatic rings. The third-order valence-corrected chi connectivity index (χ3v) is 3.16. The maximum Gasteiger partial charge on any atom is 0.341 e. The number of nitrogens with zero attached hydrogens (tertiary/aromatic N) is 2. The van der Waals surface area contributed by atoms with Crippen molar-refractivity contribution in [3.8, 4) is 0 Å². The molecule has 0 saturated carbocycles. The largest absolute Gasteiger partial charge is 0.391 e. The third-order valence-electron chi connectivity index (χ3n) is 2.99. The fraction of sp³-hybridized carbons (Fsp3) is 0.429. The molecule has 0 aliphatic carbocycles. The number of anilines is 1. The van der Waals surface area contributed by atoms with E-state index < -0.39 is 24.1 Å². The summed E-state index contributed by atoms with van der Waals surface area (Å²) < 4.78 is 0. The summed E-state index contributed by atoms with van der Waals surface area (Å²) in [7, 11) is 0. The van der Waals surface area contributed by atoms with Gasteiger partial charge in [-0.25, -0.2) is 4.79 Å². The Labute approximate surface area is 138 Å². The number of hydrogen-bond donors (Lipinski definition) is 3. The third kappa shape index (κ3) is 5.84. The number of aryl methyl sites for hydroxylation is 1. The van der Waals surface area contributed by atoms with Crippen molar-refractivity contribution in [2.45, 2.75) is 26.0 Å². The minimum Gasteiger partial charge on any atom is -0.391 e. The minimum atomic E-state index is -1.25. The standard InChI is InChI=1S/C14H19ClN4O4/c1-9-3-5-11(6-4-9)16-13(21)12(10(2)20)17-14(22)19(18-23)8-7-15/h3-6,10,12,20H,7-8H2,1-2H3,(H,16,21)(H,17,22)/t10-,12+/m1/s1. The van der Waals surface area contributed by atoms with Crippen molar-refractivity contribution in [3.05, 3.63) is 34.7 Å². The molecule has 126 valence electrons. The number of carbonyl (C=O) groups is 2. The lowest BCUT2D eigenvalue weighted by Crippen LogP contribution is -2.53. The van der Waals surface area contributed by atoms with E-state index in [4.69, 9.17) is 11.6 Å². The van der Waals surface area contributed by atoms with E-state index in [1.165, 1.54) is 6.92 Å². The lowest BCUT2D eigenvalue weighted by atomic mass is 10.1. The predicted octanol–water partition coefficient (Wildman–Crippen LogP) is 1.61. The molecule has 3 N–H and O–H groups in total. The van der Waals surface area contributed by atoms with Crippen molar-refractivity contribution >= 4 is 29.2 Å². The molecule has 2 atom stereocenters. The van der Waals surface area contributed by atoms with Crippen molar-refractivity contribution in [3.63, 3.8) is 0 Å². The predicted molar refractivity (Wildman–Crippen MR) is 87.0 cm³/mol. The number of urea groups is 1. The highest BCUT2D eigenvalue weighted by Crippen LogP contribution is 2.10. The van der Waals surface area contributed by atoms with Crippen LogP contribution in [-0.4, -0.2) is 46.6 Å². The molecule has 1 rings (SSSR count).